The zero-order valence-electron chi connectivity index (χ0n) is 7.81. The van der Waals surface area contributed by atoms with Crippen molar-refractivity contribution in [1.82, 2.24) is 4.90 Å². The molecule has 1 aromatic rings. The van der Waals surface area contributed by atoms with E-state index < -0.39 is 0 Å². The Morgan fingerprint density at radius 3 is 2.92 bits per heavy atom. The monoisotopic (exact) mass is 184 g/mol. The summed E-state index contributed by atoms with van der Waals surface area (Å²) < 4.78 is 5.18. The average Bonchev–Trinajstić information content (AvgIpc) is 2.59. The lowest BCUT2D eigenvalue weighted by atomic mass is 10.2. The summed E-state index contributed by atoms with van der Waals surface area (Å²) >= 11 is 0. The summed E-state index contributed by atoms with van der Waals surface area (Å²) in [7, 11) is 1.91. The van der Waals surface area contributed by atoms with E-state index in [0.717, 1.165) is 5.76 Å². The highest BCUT2D eigenvalue weighted by molar-refractivity contribution is 4.98. The number of hydrogen-bond donors (Lipinski definition) is 2. The summed E-state index contributed by atoms with van der Waals surface area (Å²) in [5.74, 6) is 0.884. The van der Waals surface area contributed by atoms with Gasteiger partial charge in [0.2, 0.25) is 0 Å². The van der Waals surface area contributed by atoms with E-state index in [2.05, 4.69) is 0 Å². The standard InChI is InChI=1S/C9H16N2O2/c1-11(8(5-10)7-12)6-9-3-2-4-13-9/h2-4,8,12H,5-7,10H2,1H3. The Kier molecular flexibility index (Phi) is 3.95. The summed E-state index contributed by atoms with van der Waals surface area (Å²) in [4.78, 5) is 1.97. The maximum Gasteiger partial charge on any atom is 0.117 e. The molecule has 0 amide bonds. The molecule has 1 unspecified atom stereocenters. The first kappa shape index (κ1) is 10.2. The van der Waals surface area contributed by atoms with Gasteiger partial charge in [-0.25, -0.2) is 0 Å². The van der Waals surface area contributed by atoms with Crippen LogP contribution in [0.4, 0.5) is 0 Å². The molecule has 0 aromatic carbocycles. The topological polar surface area (TPSA) is 62.6 Å². The molecule has 1 heterocycles. The molecule has 0 saturated carbocycles. The van der Waals surface area contributed by atoms with Gasteiger partial charge in [-0.3, -0.25) is 4.90 Å². The Balaban J connectivity index is 2.44. The Hall–Kier alpha value is -0.840. The smallest absolute Gasteiger partial charge is 0.117 e. The summed E-state index contributed by atoms with van der Waals surface area (Å²) in [6.07, 6.45) is 1.64. The molecule has 1 atom stereocenters. The van der Waals surface area contributed by atoms with Gasteiger partial charge in [0.05, 0.1) is 19.4 Å². The van der Waals surface area contributed by atoms with E-state index >= 15 is 0 Å². The van der Waals surface area contributed by atoms with Gasteiger partial charge in [0, 0.05) is 12.6 Å². The maximum atomic E-state index is 8.97. The lowest BCUT2D eigenvalue weighted by Gasteiger charge is -2.23. The van der Waals surface area contributed by atoms with Crippen LogP contribution < -0.4 is 5.73 Å². The van der Waals surface area contributed by atoms with E-state index in [9.17, 15) is 0 Å². The van der Waals surface area contributed by atoms with Crippen LogP contribution in [0.2, 0.25) is 0 Å². The van der Waals surface area contributed by atoms with Gasteiger partial charge < -0.3 is 15.3 Å². The van der Waals surface area contributed by atoms with Gasteiger partial charge in [-0.15, -0.1) is 0 Å². The van der Waals surface area contributed by atoms with Crippen molar-refractivity contribution in [3.63, 3.8) is 0 Å². The average molecular weight is 184 g/mol. The summed E-state index contributed by atoms with van der Waals surface area (Å²) in [6, 6.07) is 3.76. The van der Waals surface area contributed by atoms with Crippen molar-refractivity contribution in [3.05, 3.63) is 24.2 Å². The molecular formula is C9H16N2O2. The van der Waals surface area contributed by atoms with Crippen LogP contribution in [0.5, 0.6) is 0 Å². The molecule has 0 radical (unpaired) electrons. The third kappa shape index (κ3) is 2.84. The van der Waals surface area contributed by atoms with Gasteiger partial charge >= 0.3 is 0 Å². The molecule has 0 bridgehead atoms. The number of aliphatic hydroxyl groups is 1. The van der Waals surface area contributed by atoms with Crippen LogP contribution in [0.15, 0.2) is 22.8 Å². The van der Waals surface area contributed by atoms with E-state index in [1.54, 1.807) is 6.26 Å². The zero-order valence-corrected chi connectivity index (χ0v) is 7.81. The minimum Gasteiger partial charge on any atom is -0.468 e. The third-order valence-corrected chi connectivity index (χ3v) is 2.09. The highest BCUT2D eigenvalue weighted by atomic mass is 16.3. The first-order valence-corrected chi connectivity index (χ1v) is 4.31. The number of furan rings is 1. The normalized spacial score (nSPS) is 13.5. The van der Waals surface area contributed by atoms with E-state index in [-0.39, 0.29) is 12.6 Å². The number of hydrogen-bond acceptors (Lipinski definition) is 4. The molecule has 1 aromatic heterocycles. The number of aliphatic hydroxyl groups excluding tert-OH is 1. The van der Waals surface area contributed by atoms with Gasteiger partial charge in [0.1, 0.15) is 5.76 Å². The SMILES string of the molecule is CN(Cc1ccco1)C(CN)CO. The molecule has 13 heavy (non-hydrogen) atoms. The number of nitrogens with two attached hydrogens (primary N) is 1. The highest BCUT2D eigenvalue weighted by Crippen LogP contribution is 2.05. The zero-order chi connectivity index (χ0) is 9.68. The largest absolute Gasteiger partial charge is 0.468 e. The fraction of sp³-hybridized carbons (Fsp3) is 0.556. The van der Waals surface area contributed by atoms with Crippen LogP contribution >= 0.6 is 0 Å². The van der Waals surface area contributed by atoms with Crippen molar-refractivity contribution in [3.8, 4) is 0 Å². The molecule has 0 aliphatic carbocycles. The van der Waals surface area contributed by atoms with Gasteiger partial charge in [-0.2, -0.15) is 0 Å². The van der Waals surface area contributed by atoms with Crippen molar-refractivity contribution >= 4 is 0 Å². The van der Waals surface area contributed by atoms with E-state index in [0.29, 0.717) is 13.1 Å². The number of rotatable bonds is 5. The van der Waals surface area contributed by atoms with E-state index in [1.165, 1.54) is 0 Å². The van der Waals surface area contributed by atoms with Crippen molar-refractivity contribution in [2.75, 3.05) is 20.2 Å². The van der Waals surface area contributed by atoms with Crippen LogP contribution in [-0.2, 0) is 6.54 Å². The maximum absolute atomic E-state index is 8.97. The summed E-state index contributed by atoms with van der Waals surface area (Å²) in [6.45, 7) is 1.21. The number of nitrogens with zero attached hydrogens (tertiary/aromatic N) is 1. The van der Waals surface area contributed by atoms with Gasteiger partial charge in [0.25, 0.3) is 0 Å². The second-order valence-electron chi connectivity index (χ2n) is 3.07. The lowest BCUT2D eigenvalue weighted by molar-refractivity contribution is 0.140. The van der Waals surface area contributed by atoms with Gasteiger partial charge in [0.15, 0.2) is 0 Å². The number of likely N-dealkylation sites (N-methyl/N-ethyl adjacent to an activating group) is 1. The van der Waals surface area contributed by atoms with E-state index in [4.69, 9.17) is 15.3 Å². The third-order valence-electron chi connectivity index (χ3n) is 2.09. The van der Waals surface area contributed by atoms with Crippen molar-refractivity contribution in [1.29, 1.82) is 0 Å². The Labute approximate surface area is 77.9 Å². The summed E-state index contributed by atoms with van der Waals surface area (Å²) in [5.41, 5.74) is 5.48. The van der Waals surface area contributed by atoms with E-state index in [1.807, 2.05) is 24.1 Å². The van der Waals surface area contributed by atoms with Gasteiger partial charge in [-0.05, 0) is 19.2 Å². The second-order valence-corrected chi connectivity index (χ2v) is 3.07. The van der Waals surface area contributed by atoms with Crippen LogP contribution in [0.25, 0.3) is 0 Å². The van der Waals surface area contributed by atoms with Crippen molar-refractivity contribution in [2.24, 2.45) is 5.73 Å². The first-order chi connectivity index (χ1) is 6.27. The van der Waals surface area contributed by atoms with Crippen LogP contribution in [-0.4, -0.2) is 36.2 Å². The fourth-order valence-electron chi connectivity index (χ4n) is 1.17. The first-order valence-electron chi connectivity index (χ1n) is 4.31. The second kappa shape index (κ2) is 5.01. The highest BCUT2D eigenvalue weighted by Gasteiger charge is 2.12. The lowest BCUT2D eigenvalue weighted by Crippen LogP contribution is -2.40. The molecule has 0 aliphatic heterocycles. The molecule has 0 saturated heterocycles. The van der Waals surface area contributed by atoms with Gasteiger partial charge in [-0.1, -0.05) is 0 Å². The molecule has 0 spiro atoms. The predicted molar refractivity (Wildman–Crippen MR) is 50.1 cm³/mol. The quantitative estimate of drug-likeness (QED) is 0.677. The van der Waals surface area contributed by atoms with Crippen LogP contribution in [0, 0.1) is 0 Å². The van der Waals surface area contributed by atoms with Crippen molar-refractivity contribution in [2.45, 2.75) is 12.6 Å². The Morgan fingerprint density at radius 1 is 1.69 bits per heavy atom. The molecule has 0 fully saturated rings. The molecule has 3 N–H and O–H groups in total. The van der Waals surface area contributed by atoms with Crippen LogP contribution in [0.3, 0.4) is 0 Å². The minimum absolute atomic E-state index is 0.00472. The summed E-state index contributed by atoms with van der Waals surface area (Å²) in [5, 5.41) is 8.97. The molecular weight excluding hydrogens is 168 g/mol. The molecule has 74 valence electrons. The van der Waals surface area contributed by atoms with Crippen molar-refractivity contribution < 1.29 is 9.52 Å². The fourth-order valence-corrected chi connectivity index (χ4v) is 1.17. The molecule has 4 nitrogen and oxygen atoms in total. The molecule has 4 heteroatoms. The molecule has 1 rings (SSSR count). The van der Waals surface area contributed by atoms with Crippen LogP contribution in [0.1, 0.15) is 5.76 Å². The minimum atomic E-state index is 0.00472. The Morgan fingerprint density at radius 2 is 2.46 bits per heavy atom. The molecule has 0 aliphatic rings. The predicted octanol–water partition coefficient (Wildman–Crippen LogP) is 0.0310. The Bertz CT molecular complexity index is 220.